The molecule has 1 heterocycles. The van der Waals surface area contributed by atoms with Crippen LogP contribution in [0.25, 0.3) is 0 Å². The van der Waals surface area contributed by atoms with Gasteiger partial charge in [0, 0.05) is 22.8 Å². The lowest BCUT2D eigenvalue weighted by Crippen LogP contribution is -2.16. The van der Waals surface area contributed by atoms with E-state index in [1.807, 2.05) is 0 Å². The van der Waals surface area contributed by atoms with E-state index in [0.717, 1.165) is 18.2 Å². The molecule has 9 heteroatoms. The number of benzene rings is 1. The Hall–Kier alpha value is -2.55. The second-order valence-corrected chi connectivity index (χ2v) is 4.88. The molecule has 0 fully saturated rings. The number of anilines is 2. The summed E-state index contributed by atoms with van der Waals surface area (Å²) < 4.78 is 14.1. The largest absolute Gasteiger partial charge is 0.383 e. The molecule has 21 heavy (non-hydrogen) atoms. The second-order valence-electron chi connectivity index (χ2n) is 3.96. The van der Waals surface area contributed by atoms with Gasteiger partial charge in [-0.25, -0.2) is 9.37 Å². The number of hydrogen-bond donors (Lipinski definition) is 2. The summed E-state index contributed by atoms with van der Waals surface area (Å²) in [5.41, 5.74) is 4.94. The van der Waals surface area contributed by atoms with E-state index >= 15 is 0 Å². The minimum atomic E-state index is -0.796. The van der Waals surface area contributed by atoms with Crippen molar-refractivity contribution in [2.75, 3.05) is 11.1 Å². The number of aromatic nitrogens is 1. The Labute approximate surface area is 126 Å². The fraction of sp³-hybridized carbons (Fsp3) is 0. The molecule has 0 aliphatic heterocycles. The first-order valence-corrected chi connectivity index (χ1v) is 6.34. The molecule has 3 N–H and O–H groups in total. The van der Waals surface area contributed by atoms with Crippen LogP contribution in [0.5, 0.6) is 0 Å². The summed E-state index contributed by atoms with van der Waals surface area (Å²) in [6.45, 7) is 0. The summed E-state index contributed by atoms with van der Waals surface area (Å²) in [6, 6.07) is 4.23. The Kier molecular flexibility index (Phi) is 4.13. The van der Waals surface area contributed by atoms with Crippen LogP contribution >= 0.6 is 15.9 Å². The molecule has 0 bridgehead atoms. The average Bonchev–Trinajstić information content (AvgIpc) is 2.43. The van der Waals surface area contributed by atoms with Gasteiger partial charge in [0.15, 0.2) is 0 Å². The first-order chi connectivity index (χ1) is 9.88. The number of nitrogens with zero attached hydrogens (tertiary/aromatic N) is 2. The normalized spacial score (nSPS) is 10.2. The van der Waals surface area contributed by atoms with Crippen LogP contribution in [0.2, 0.25) is 0 Å². The van der Waals surface area contributed by atoms with Crippen LogP contribution in [-0.2, 0) is 0 Å². The van der Waals surface area contributed by atoms with Crippen LogP contribution in [0.15, 0.2) is 34.9 Å². The van der Waals surface area contributed by atoms with Gasteiger partial charge in [0.25, 0.3) is 11.6 Å². The van der Waals surface area contributed by atoms with Gasteiger partial charge >= 0.3 is 0 Å². The molecule has 1 aromatic carbocycles. The van der Waals surface area contributed by atoms with Crippen LogP contribution in [0, 0.1) is 15.9 Å². The Morgan fingerprint density at radius 3 is 2.81 bits per heavy atom. The van der Waals surface area contributed by atoms with Crippen molar-refractivity contribution in [3.63, 3.8) is 0 Å². The van der Waals surface area contributed by atoms with Crippen LogP contribution < -0.4 is 11.1 Å². The van der Waals surface area contributed by atoms with Crippen molar-refractivity contribution in [3.8, 4) is 0 Å². The molecule has 0 saturated heterocycles. The van der Waals surface area contributed by atoms with E-state index in [2.05, 4.69) is 26.2 Å². The molecule has 0 saturated carbocycles. The van der Waals surface area contributed by atoms with Gasteiger partial charge in [-0.05, 0) is 28.1 Å². The van der Waals surface area contributed by atoms with E-state index in [4.69, 9.17) is 5.73 Å². The number of carbonyl (C=O) groups excluding carboxylic acids is 1. The highest BCUT2D eigenvalue weighted by atomic mass is 79.9. The zero-order chi connectivity index (χ0) is 15.6. The number of nitro benzene ring substituents is 1. The third-order valence-electron chi connectivity index (χ3n) is 2.54. The second kappa shape index (κ2) is 5.83. The predicted octanol–water partition coefficient (Wildman–Crippen LogP) is 2.73. The summed E-state index contributed by atoms with van der Waals surface area (Å²) >= 11 is 3.13. The molecular weight excluding hydrogens is 347 g/mol. The molecule has 108 valence electrons. The van der Waals surface area contributed by atoms with Crippen molar-refractivity contribution < 1.29 is 14.1 Å². The fourth-order valence-corrected chi connectivity index (χ4v) is 1.88. The summed E-state index contributed by atoms with van der Waals surface area (Å²) in [7, 11) is 0. The first kappa shape index (κ1) is 14.9. The number of nitrogen functional groups attached to an aromatic ring is 1. The lowest BCUT2D eigenvalue weighted by atomic mass is 10.2. The van der Waals surface area contributed by atoms with Crippen molar-refractivity contribution in [1.29, 1.82) is 0 Å². The highest BCUT2D eigenvalue weighted by Gasteiger charge is 2.16. The quantitative estimate of drug-likeness (QED) is 0.650. The molecule has 0 aliphatic carbocycles. The topological polar surface area (TPSA) is 111 Å². The lowest BCUT2D eigenvalue weighted by molar-refractivity contribution is -0.384. The van der Waals surface area contributed by atoms with Gasteiger partial charge in [-0.2, -0.15) is 0 Å². The minimum absolute atomic E-state index is 0.0234. The standard InChI is InChI=1S/C12H8BrFN4O3/c13-6-3-8(11(15)16-5-6)12(19)17-10-4-7(18(20)21)1-2-9(10)14/h1-5H,(H2,15,16)(H,17,19). The molecule has 0 atom stereocenters. The molecule has 1 aromatic heterocycles. The molecule has 1 amide bonds. The predicted molar refractivity (Wildman–Crippen MR) is 77.4 cm³/mol. The number of non-ortho nitro benzene ring substituents is 1. The highest BCUT2D eigenvalue weighted by Crippen LogP contribution is 2.23. The SMILES string of the molecule is Nc1ncc(Br)cc1C(=O)Nc1cc([N+](=O)[O-])ccc1F. The van der Waals surface area contributed by atoms with Crippen LogP contribution in [0.3, 0.4) is 0 Å². The molecule has 0 radical (unpaired) electrons. The molecular formula is C12H8BrFN4O3. The number of nitrogens with one attached hydrogen (secondary N) is 1. The Bertz CT molecular complexity index is 738. The molecule has 7 nitrogen and oxygen atoms in total. The fourth-order valence-electron chi connectivity index (χ4n) is 1.54. The number of pyridine rings is 1. The Morgan fingerprint density at radius 2 is 2.14 bits per heavy atom. The molecule has 0 aliphatic rings. The Balaban J connectivity index is 2.33. The lowest BCUT2D eigenvalue weighted by Gasteiger charge is -2.08. The summed E-state index contributed by atoms with van der Waals surface area (Å²) in [4.78, 5) is 25.8. The number of nitro groups is 1. The zero-order valence-corrected chi connectivity index (χ0v) is 11.9. The van der Waals surface area contributed by atoms with E-state index < -0.39 is 16.6 Å². The smallest absolute Gasteiger partial charge is 0.271 e. The maximum Gasteiger partial charge on any atom is 0.271 e. The van der Waals surface area contributed by atoms with E-state index in [-0.39, 0.29) is 22.8 Å². The van der Waals surface area contributed by atoms with Gasteiger partial charge in [0.1, 0.15) is 11.6 Å². The molecule has 2 rings (SSSR count). The van der Waals surface area contributed by atoms with Gasteiger partial charge in [0.05, 0.1) is 16.2 Å². The average molecular weight is 355 g/mol. The van der Waals surface area contributed by atoms with Gasteiger partial charge in [0.2, 0.25) is 0 Å². The van der Waals surface area contributed by atoms with Crippen molar-refractivity contribution in [3.05, 3.63) is 56.4 Å². The maximum absolute atomic E-state index is 13.6. The monoisotopic (exact) mass is 354 g/mol. The van der Waals surface area contributed by atoms with Gasteiger partial charge < -0.3 is 11.1 Å². The summed E-state index contributed by atoms with van der Waals surface area (Å²) in [6.07, 6.45) is 1.40. The van der Waals surface area contributed by atoms with Gasteiger partial charge in [-0.3, -0.25) is 14.9 Å². The van der Waals surface area contributed by atoms with E-state index in [9.17, 15) is 19.3 Å². The number of halogens is 2. The maximum atomic E-state index is 13.6. The number of nitrogens with two attached hydrogens (primary N) is 1. The van der Waals surface area contributed by atoms with E-state index in [1.54, 1.807) is 0 Å². The first-order valence-electron chi connectivity index (χ1n) is 5.55. The number of carbonyl (C=O) groups is 1. The number of rotatable bonds is 3. The number of hydrogen-bond acceptors (Lipinski definition) is 5. The van der Waals surface area contributed by atoms with Gasteiger partial charge in [-0.15, -0.1) is 0 Å². The molecule has 0 spiro atoms. The van der Waals surface area contributed by atoms with Crippen LogP contribution in [-0.4, -0.2) is 15.8 Å². The van der Waals surface area contributed by atoms with Crippen molar-refractivity contribution in [2.24, 2.45) is 0 Å². The summed E-state index contributed by atoms with van der Waals surface area (Å²) in [5.74, 6) is -1.56. The van der Waals surface area contributed by atoms with E-state index in [1.165, 1.54) is 12.3 Å². The van der Waals surface area contributed by atoms with Crippen molar-refractivity contribution >= 4 is 39.0 Å². The minimum Gasteiger partial charge on any atom is -0.383 e. The zero-order valence-electron chi connectivity index (χ0n) is 10.3. The molecule has 2 aromatic rings. The van der Waals surface area contributed by atoms with Gasteiger partial charge in [-0.1, -0.05) is 0 Å². The van der Waals surface area contributed by atoms with Crippen LogP contribution in [0.1, 0.15) is 10.4 Å². The third kappa shape index (κ3) is 3.31. The third-order valence-corrected chi connectivity index (χ3v) is 2.97. The van der Waals surface area contributed by atoms with Crippen molar-refractivity contribution in [2.45, 2.75) is 0 Å². The molecule has 0 unspecified atom stereocenters. The van der Waals surface area contributed by atoms with Crippen molar-refractivity contribution in [1.82, 2.24) is 4.98 Å². The highest BCUT2D eigenvalue weighted by molar-refractivity contribution is 9.10. The van der Waals surface area contributed by atoms with Crippen LogP contribution in [0.4, 0.5) is 21.6 Å². The number of amides is 1. The van der Waals surface area contributed by atoms with E-state index in [0.29, 0.717) is 4.47 Å². The summed E-state index contributed by atoms with van der Waals surface area (Å²) in [5, 5.41) is 12.9. The Morgan fingerprint density at radius 1 is 1.43 bits per heavy atom.